The van der Waals surface area contributed by atoms with Crippen molar-refractivity contribution in [1.29, 1.82) is 0 Å². The summed E-state index contributed by atoms with van der Waals surface area (Å²) in [5.74, 6) is 0.940. The third kappa shape index (κ3) is 8.94. The van der Waals surface area contributed by atoms with Gasteiger partial charge in [-0.05, 0) is 54.4 Å². The zero-order valence-corrected chi connectivity index (χ0v) is 17.9. The highest BCUT2D eigenvalue weighted by molar-refractivity contribution is 8.00. The number of amides is 2. The average Bonchev–Trinajstić information content (AvgIpc) is 2.97. The van der Waals surface area contributed by atoms with Gasteiger partial charge in [-0.15, -0.1) is 11.8 Å². The second-order valence-electron chi connectivity index (χ2n) is 8.37. The summed E-state index contributed by atoms with van der Waals surface area (Å²) in [4.78, 5) is 37.4. The smallest absolute Gasteiger partial charge is 0.421 e. The normalized spacial score (nSPS) is 18.7. The van der Waals surface area contributed by atoms with Crippen LogP contribution in [-0.4, -0.2) is 63.1 Å². The van der Waals surface area contributed by atoms with Gasteiger partial charge in [0.2, 0.25) is 0 Å². The van der Waals surface area contributed by atoms with Crippen molar-refractivity contribution in [2.24, 2.45) is 0 Å². The summed E-state index contributed by atoms with van der Waals surface area (Å²) in [5.41, 5.74) is -1.67. The molecule has 2 atom stereocenters. The fraction of sp³-hybridized carbons (Fsp3) is 0.833. The van der Waals surface area contributed by atoms with Gasteiger partial charge < -0.3 is 14.6 Å². The first-order valence-electron chi connectivity index (χ1n) is 9.11. The molecular formula is C18H32N2O6S. The van der Waals surface area contributed by atoms with Crippen LogP contribution in [0.15, 0.2) is 0 Å². The van der Waals surface area contributed by atoms with Crippen molar-refractivity contribution >= 4 is 29.7 Å². The van der Waals surface area contributed by atoms with Gasteiger partial charge in [0.1, 0.15) is 22.8 Å². The molecular weight excluding hydrogens is 372 g/mol. The van der Waals surface area contributed by atoms with Crippen molar-refractivity contribution in [2.75, 3.05) is 12.3 Å². The fourth-order valence-corrected chi connectivity index (χ4v) is 3.30. The van der Waals surface area contributed by atoms with Crippen molar-refractivity contribution in [3.8, 4) is 0 Å². The third-order valence-corrected chi connectivity index (χ3v) is 4.58. The van der Waals surface area contributed by atoms with Crippen molar-refractivity contribution in [3.63, 3.8) is 0 Å². The molecule has 0 aliphatic carbocycles. The standard InChI is InChI=1S/C18H32N2O6S/c1-17(2,3)25-15(23)20(16(24)26-18(4,5)6)13(22)9-7-8-12(21)14-19-10-11-27-14/h13-14,19,22H,7-11H2,1-6H3. The van der Waals surface area contributed by atoms with Gasteiger partial charge in [0.15, 0.2) is 5.78 Å². The molecule has 0 aromatic carbocycles. The van der Waals surface area contributed by atoms with Crippen molar-refractivity contribution in [1.82, 2.24) is 10.2 Å². The number of rotatable bonds is 6. The van der Waals surface area contributed by atoms with Crippen LogP contribution in [0.25, 0.3) is 0 Å². The molecule has 0 spiro atoms. The van der Waals surface area contributed by atoms with Crippen LogP contribution in [0.3, 0.4) is 0 Å². The first kappa shape index (κ1) is 23.7. The van der Waals surface area contributed by atoms with E-state index in [1.165, 1.54) is 0 Å². The molecule has 1 fully saturated rings. The summed E-state index contributed by atoms with van der Waals surface area (Å²) in [6.45, 7) is 10.8. The van der Waals surface area contributed by atoms with Gasteiger partial charge >= 0.3 is 12.2 Å². The molecule has 156 valence electrons. The minimum Gasteiger partial charge on any atom is -0.443 e. The van der Waals surface area contributed by atoms with E-state index in [1.54, 1.807) is 53.3 Å². The molecule has 2 N–H and O–H groups in total. The van der Waals surface area contributed by atoms with Crippen LogP contribution in [0.1, 0.15) is 60.8 Å². The van der Waals surface area contributed by atoms with Gasteiger partial charge in [0.05, 0.1) is 0 Å². The topological polar surface area (TPSA) is 105 Å². The van der Waals surface area contributed by atoms with Gasteiger partial charge in [-0.1, -0.05) is 0 Å². The number of ketones is 1. The molecule has 1 rings (SSSR count). The second kappa shape index (κ2) is 9.75. The highest BCUT2D eigenvalue weighted by atomic mass is 32.2. The lowest BCUT2D eigenvalue weighted by Crippen LogP contribution is -2.49. The Morgan fingerprint density at radius 2 is 1.63 bits per heavy atom. The van der Waals surface area contributed by atoms with Crippen molar-refractivity contribution in [3.05, 3.63) is 0 Å². The van der Waals surface area contributed by atoms with E-state index in [0.29, 0.717) is 11.3 Å². The maximum atomic E-state index is 12.4. The summed E-state index contributed by atoms with van der Waals surface area (Å²) in [5, 5.41) is 13.3. The van der Waals surface area contributed by atoms with Gasteiger partial charge in [0, 0.05) is 18.7 Å². The first-order valence-corrected chi connectivity index (χ1v) is 10.2. The second-order valence-corrected chi connectivity index (χ2v) is 9.59. The molecule has 1 aliphatic rings. The van der Waals surface area contributed by atoms with Gasteiger partial charge in [-0.25, -0.2) is 9.59 Å². The van der Waals surface area contributed by atoms with E-state index in [1.807, 2.05) is 0 Å². The quantitative estimate of drug-likeness (QED) is 0.651. The molecule has 27 heavy (non-hydrogen) atoms. The minimum atomic E-state index is -1.44. The Balaban J connectivity index is 2.70. The number of hydrogen-bond acceptors (Lipinski definition) is 8. The molecule has 0 bridgehead atoms. The Morgan fingerprint density at radius 1 is 1.11 bits per heavy atom. The molecule has 8 nitrogen and oxygen atoms in total. The lowest BCUT2D eigenvalue weighted by Gasteiger charge is -2.31. The van der Waals surface area contributed by atoms with Crippen LogP contribution in [0.4, 0.5) is 9.59 Å². The van der Waals surface area contributed by atoms with E-state index in [9.17, 15) is 19.5 Å². The number of carbonyl (C=O) groups is 3. The molecule has 1 saturated heterocycles. The molecule has 2 amide bonds. The number of thioether (sulfide) groups is 1. The molecule has 0 aromatic heterocycles. The first-order chi connectivity index (χ1) is 12.3. The van der Waals surface area contributed by atoms with Gasteiger partial charge in [-0.2, -0.15) is 4.90 Å². The van der Waals surface area contributed by atoms with E-state index in [0.717, 1.165) is 12.3 Å². The monoisotopic (exact) mass is 404 g/mol. The fourth-order valence-electron chi connectivity index (χ4n) is 2.29. The van der Waals surface area contributed by atoms with Crippen molar-refractivity contribution in [2.45, 2.75) is 83.6 Å². The van der Waals surface area contributed by atoms with Crippen molar-refractivity contribution < 1.29 is 29.0 Å². The molecule has 1 aliphatic heterocycles. The molecule has 2 unspecified atom stereocenters. The summed E-state index contributed by atoms with van der Waals surface area (Å²) >= 11 is 1.56. The number of ether oxygens (including phenoxy) is 2. The van der Waals surface area contributed by atoms with Gasteiger partial charge in [0.25, 0.3) is 0 Å². The number of nitrogens with zero attached hydrogens (tertiary/aromatic N) is 1. The highest BCUT2D eigenvalue weighted by Gasteiger charge is 2.36. The third-order valence-electron chi connectivity index (χ3n) is 3.37. The predicted octanol–water partition coefficient (Wildman–Crippen LogP) is 2.88. The molecule has 0 aromatic rings. The maximum absolute atomic E-state index is 12.4. The minimum absolute atomic E-state index is 0.0470. The number of Topliss-reactive ketones (excluding diaryl/α,β-unsaturated/α-hetero) is 1. The Morgan fingerprint density at radius 3 is 2.04 bits per heavy atom. The largest absolute Gasteiger partial charge is 0.443 e. The molecule has 0 radical (unpaired) electrons. The van der Waals surface area contributed by atoms with Crippen LogP contribution >= 0.6 is 11.8 Å². The number of aliphatic hydroxyl groups is 1. The van der Waals surface area contributed by atoms with Crippen LogP contribution in [0.2, 0.25) is 0 Å². The molecule has 1 heterocycles. The zero-order chi connectivity index (χ0) is 20.8. The van der Waals surface area contributed by atoms with E-state index in [-0.39, 0.29) is 24.0 Å². The van der Waals surface area contributed by atoms with Crippen LogP contribution in [-0.2, 0) is 14.3 Å². The number of nitrogens with one attached hydrogen (secondary N) is 1. The summed E-state index contributed by atoms with van der Waals surface area (Å²) in [6, 6.07) is 0. The Labute approximate surface area is 165 Å². The summed E-state index contributed by atoms with van der Waals surface area (Å²) in [6.07, 6.45) is -2.76. The number of imide groups is 1. The lowest BCUT2D eigenvalue weighted by molar-refractivity contribution is -0.119. The number of carbonyl (C=O) groups excluding carboxylic acids is 3. The number of aliphatic hydroxyl groups excluding tert-OH is 1. The maximum Gasteiger partial charge on any atom is 0.421 e. The van der Waals surface area contributed by atoms with Gasteiger partial charge in [-0.3, -0.25) is 10.1 Å². The number of hydrogen-bond donors (Lipinski definition) is 2. The van der Waals surface area contributed by atoms with Crippen LogP contribution in [0, 0.1) is 0 Å². The van der Waals surface area contributed by atoms with E-state index in [4.69, 9.17) is 9.47 Å². The predicted molar refractivity (Wildman–Crippen MR) is 103 cm³/mol. The van der Waals surface area contributed by atoms with E-state index < -0.39 is 29.6 Å². The van der Waals surface area contributed by atoms with E-state index >= 15 is 0 Å². The highest BCUT2D eigenvalue weighted by Crippen LogP contribution is 2.20. The Kier molecular flexibility index (Phi) is 8.56. The Bertz CT molecular complexity index is 507. The van der Waals surface area contributed by atoms with Crippen LogP contribution in [0.5, 0.6) is 0 Å². The van der Waals surface area contributed by atoms with E-state index in [2.05, 4.69) is 5.32 Å². The zero-order valence-electron chi connectivity index (χ0n) is 17.0. The summed E-state index contributed by atoms with van der Waals surface area (Å²) < 4.78 is 10.4. The Hall–Kier alpha value is -1.32. The summed E-state index contributed by atoms with van der Waals surface area (Å²) in [7, 11) is 0. The SMILES string of the molecule is CC(C)(C)OC(=O)N(C(=O)OC(C)(C)C)C(O)CCCC(=O)C1NCCS1. The van der Waals surface area contributed by atoms with Crippen LogP contribution < -0.4 is 5.32 Å². The lowest BCUT2D eigenvalue weighted by atomic mass is 10.1. The molecule has 0 saturated carbocycles. The average molecular weight is 405 g/mol. The molecule has 9 heteroatoms.